The number of unbranched alkanes of at least 4 members (excludes halogenated alkanes) is 3. The second-order valence-electron chi connectivity index (χ2n) is 32.6. The summed E-state index contributed by atoms with van der Waals surface area (Å²) >= 11 is 0. The highest BCUT2D eigenvalue weighted by molar-refractivity contribution is 5.80. The number of ether oxygens (including phenoxy) is 22. The summed E-state index contributed by atoms with van der Waals surface area (Å²) in [4.78, 5) is 250. The van der Waals surface area contributed by atoms with Crippen LogP contribution in [0.15, 0.2) is 30.3 Å². The zero-order chi connectivity index (χ0) is 103. The van der Waals surface area contributed by atoms with Gasteiger partial charge >= 0.3 is 77.6 Å². The Morgan fingerprint density at radius 1 is 0.264 bits per heavy atom. The molecular weight excluding hydrogens is 1860 g/mol. The molecule has 3 heterocycles. The van der Waals surface area contributed by atoms with Gasteiger partial charge in [0.15, 0.2) is 73.8 Å². The summed E-state index contributed by atoms with van der Waals surface area (Å²) in [6, 6.07) is 8.93. The lowest BCUT2D eigenvalue weighted by Crippen LogP contribution is -2.63. The predicted molar refractivity (Wildman–Crippen MR) is 474 cm³/mol. The first-order valence-corrected chi connectivity index (χ1v) is 46.2. The fourth-order valence-corrected chi connectivity index (χ4v) is 14.0. The van der Waals surface area contributed by atoms with Crippen molar-refractivity contribution in [3.63, 3.8) is 0 Å². The normalized spacial score (nSPS) is 20.8. The lowest BCUT2D eigenvalue weighted by Gasteiger charge is -2.44. The van der Waals surface area contributed by atoms with E-state index in [0.717, 1.165) is 88.6 Å². The van der Waals surface area contributed by atoms with Crippen molar-refractivity contribution in [1.29, 1.82) is 0 Å². The molecule has 49 heteroatoms. The molecule has 140 heavy (non-hydrogen) atoms. The molecule has 0 unspecified atom stereocenters. The smallest absolute Gasteiger partial charge is 0.306 e. The van der Waals surface area contributed by atoms with Gasteiger partial charge in [0.1, 0.15) is 50.3 Å². The first kappa shape index (κ1) is 121. The fourth-order valence-electron chi connectivity index (χ4n) is 14.0. The second-order valence-corrected chi connectivity index (χ2v) is 32.6. The van der Waals surface area contributed by atoms with Crippen LogP contribution >= 0.6 is 0 Å². The lowest BCUT2D eigenvalue weighted by molar-refractivity contribution is -0.308. The molecule has 788 valence electrons. The van der Waals surface area contributed by atoms with Crippen LogP contribution in [-0.2, 0) is 207 Å². The number of benzene rings is 1. The minimum Gasteiger partial charge on any atom is -0.463 e. The van der Waals surface area contributed by atoms with Gasteiger partial charge in [0.25, 0.3) is 0 Å². The number of carbonyl (C=O) groups is 20. The van der Waals surface area contributed by atoms with Crippen molar-refractivity contribution in [2.45, 2.75) is 303 Å². The predicted octanol–water partition coefficient (Wildman–Crippen LogP) is 0.653. The zero-order valence-electron chi connectivity index (χ0n) is 81.4. The van der Waals surface area contributed by atoms with Crippen LogP contribution in [0.1, 0.15) is 204 Å². The van der Waals surface area contributed by atoms with E-state index in [1.54, 1.807) is 30.3 Å². The topological polar surface area (TPSA) is 629 Å². The number of rotatable bonds is 67. The van der Waals surface area contributed by atoms with Crippen molar-refractivity contribution in [3.05, 3.63) is 35.9 Å². The maximum atomic E-state index is 14.0. The van der Waals surface area contributed by atoms with Crippen LogP contribution in [0, 0.1) is 0 Å². The third-order valence-corrected chi connectivity index (χ3v) is 20.1. The van der Waals surface area contributed by atoms with E-state index in [-0.39, 0.29) is 200 Å². The molecule has 0 spiro atoms. The van der Waals surface area contributed by atoms with Crippen LogP contribution in [0.4, 0.5) is 0 Å². The first-order chi connectivity index (χ1) is 66.6. The average molecular weight is 2000 g/mol. The third-order valence-electron chi connectivity index (χ3n) is 20.1. The third kappa shape index (κ3) is 52.0. The van der Waals surface area contributed by atoms with Gasteiger partial charge in [-0.1, -0.05) is 30.3 Å². The van der Waals surface area contributed by atoms with Crippen molar-refractivity contribution in [1.82, 2.24) is 37.2 Å². The number of hydrogen-bond acceptors (Lipinski definition) is 42. The second kappa shape index (κ2) is 67.6. The van der Waals surface area contributed by atoms with Crippen LogP contribution in [-0.4, -0.2) is 335 Å². The number of esters is 13. The van der Waals surface area contributed by atoms with Gasteiger partial charge in [-0.05, 0) is 69.8 Å². The summed E-state index contributed by atoms with van der Waals surface area (Å²) in [5, 5.41) is 19.5. The molecule has 3 aliphatic heterocycles. The van der Waals surface area contributed by atoms with E-state index in [1.165, 1.54) is 0 Å². The monoisotopic (exact) mass is 2000 g/mol. The summed E-state index contributed by atoms with van der Waals surface area (Å²) in [6.07, 6.45) is -18.8. The Kier molecular flexibility index (Phi) is 58.2. The van der Waals surface area contributed by atoms with Crippen LogP contribution in [0.3, 0.4) is 0 Å². The highest BCUT2D eigenvalue weighted by Gasteiger charge is 2.56. The van der Waals surface area contributed by atoms with Crippen LogP contribution < -0.4 is 37.2 Å². The molecule has 3 saturated heterocycles. The lowest BCUT2D eigenvalue weighted by atomic mass is 9.98. The largest absolute Gasteiger partial charge is 0.463 e. The van der Waals surface area contributed by atoms with E-state index in [2.05, 4.69) is 37.2 Å². The molecule has 15 atom stereocenters. The Hall–Kier alpha value is -11.7. The molecule has 0 saturated carbocycles. The van der Waals surface area contributed by atoms with E-state index in [1.807, 2.05) is 0 Å². The summed E-state index contributed by atoms with van der Waals surface area (Å²) in [7, 11) is 0. The summed E-state index contributed by atoms with van der Waals surface area (Å²) in [5.41, 5.74) is -0.851. The van der Waals surface area contributed by atoms with Gasteiger partial charge in [-0.3, -0.25) is 95.9 Å². The summed E-state index contributed by atoms with van der Waals surface area (Å²) < 4.78 is 123. The minimum absolute atomic E-state index is 0.00394. The van der Waals surface area contributed by atoms with Crippen molar-refractivity contribution < 1.29 is 200 Å². The Morgan fingerprint density at radius 2 is 0.521 bits per heavy atom. The van der Waals surface area contributed by atoms with Crippen molar-refractivity contribution in [3.8, 4) is 0 Å². The van der Waals surface area contributed by atoms with E-state index in [0.29, 0.717) is 38.5 Å². The van der Waals surface area contributed by atoms with Gasteiger partial charge in [-0.15, -0.1) is 0 Å². The van der Waals surface area contributed by atoms with E-state index in [4.69, 9.17) is 104 Å². The van der Waals surface area contributed by atoms with E-state index >= 15 is 0 Å². The van der Waals surface area contributed by atoms with Crippen molar-refractivity contribution in [2.24, 2.45) is 0 Å². The highest BCUT2D eigenvalue weighted by Crippen LogP contribution is 2.34. The Bertz CT molecular complexity index is 3800. The molecule has 0 bridgehead atoms. The quantitative estimate of drug-likeness (QED) is 0.0267. The molecule has 3 aliphatic rings. The summed E-state index contributed by atoms with van der Waals surface area (Å²) in [6.45, 7) is 10.7. The van der Waals surface area contributed by atoms with Crippen molar-refractivity contribution >= 4 is 119 Å². The van der Waals surface area contributed by atoms with Crippen LogP contribution in [0.2, 0.25) is 0 Å². The average Bonchev–Trinajstić information content (AvgIpc) is 0.793. The molecule has 4 rings (SSSR count). The van der Waals surface area contributed by atoms with Crippen molar-refractivity contribution in [2.75, 3.05) is 119 Å². The Morgan fingerprint density at radius 3 is 0.793 bits per heavy atom. The van der Waals surface area contributed by atoms with E-state index < -0.39 is 219 Å². The molecule has 0 aromatic heterocycles. The zero-order valence-corrected chi connectivity index (χ0v) is 81.4. The Labute approximate surface area is 810 Å². The van der Waals surface area contributed by atoms with Gasteiger partial charge in [0, 0.05) is 194 Å². The van der Waals surface area contributed by atoms with Gasteiger partial charge in [0.05, 0.1) is 39.6 Å². The standard InChI is InChI=1S/C91H137N7O42/c1-55(99)125-49-68-79(129-58(4)102)82(132-61(7)105)85(135-64(10)108)88(138-68)122-42-19-16-28-71(111)92-36-23-39-95-74(114)33-45-119-52-91(98-77(117)31-22-32-78(118)128-48-67-26-14-13-15-27-67,53-120-46-34-75(115)96-40-24-37-93-72(112)29-17-20-43-123-89-86(136-65(11)109)83(133-62(8)106)80(130-59(5)103)69(139-89)50-126-56(2)100)54-121-47-35-76(116)97-41-25-38-94-73(113)30-18-21-44-124-90-87(137-66(12)110)84(134-63(9)107)81(131-60(6)104)70(140-90)51-127-57(3)101/h13-15,26-27,68-70,79-90H,16-25,28-54H2,1-12H3,(H,92,111)(H,93,112)(H,94,113)(H,95,114)(H,96,115)(H,97,116)(H,98,117)/t68-,69-,70-,79-,80-,81-,82+,83+,84+,85+,86+,87+,88+,89+,90+/m1/s1. The van der Waals surface area contributed by atoms with Gasteiger partial charge in [-0.2, -0.15) is 0 Å². The maximum Gasteiger partial charge on any atom is 0.306 e. The number of nitrogens with one attached hydrogen (secondary N) is 7. The molecule has 1 aromatic rings. The molecule has 7 amide bonds. The minimum atomic E-state index is -1.59. The number of amides is 7. The Balaban J connectivity index is 1.37. The first-order valence-electron chi connectivity index (χ1n) is 46.2. The molecule has 49 nitrogen and oxygen atoms in total. The van der Waals surface area contributed by atoms with Gasteiger partial charge < -0.3 is 141 Å². The van der Waals surface area contributed by atoms with Gasteiger partial charge in [0.2, 0.25) is 41.4 Å². The highest BCUT2D eigenvalue weighted by atomic mass is 16.8. The van der Waals surface area contributed by atoms with Gasteiger partial charge in [-0.25, -0.2) is 0 Å². The molecule has 7 N–H and O–H groups in total. The fraction of sp³-hybridized carbons (Fsp3) is 0.714. The molecule has 0 radical (unpaired) electrons. The molecule has 1 aromatic carbocycles. The van der Waals surface area contributed by atoms with Crippen LogP contribution in [0.5, 0.6) is 0 Å². The number of hydrogen-bond donors (Lipinski definition) is 7. The SMILES string of the molecule is CC(=O)OC[C@H]1O[C@H](OCCCCC(=O)NCCCNC(=O)CCOCC(COCCC(=O)NCCCNC(=O)CCCCO[C@H]2O[C@H](COC(C)=O)[C@@H](OC(C)=O)[C@H](OC(C)=O)[C@@H]2OC(C)=O)(COCCC(=O)NCCCNC(=O)CCCCO[C@H]2O[C@H](COC(C)=O)[C@@H](OC(C)=O)[C@H](OC(C)=O)[C@@H]2OC(C)=O)NC(=O)CCCC(=O)OCc2ccccc2)[C@@H](OC(C)=O)[C@@H](OC(C)=O)[C@@H]1OC(C)=O. The van der Waals surface area contributed by atoms with Crippen LogP contribution in [0.25, 0.3) is 0 Å². The summed E-state index contributed by atoms with van der Waals surface area (Å²) in [5.74, 6) is -12.9. The molecule has 3 fully saturated rings. The molecular formula is C91H137N7O42. The van der Waals surface area contributed by atoms with E-state index in [9.17, 15) is 95.9 Å². The molecule has 0 aliphatic carbocycles. The maximum absolute atomic E-state index is 14.0. The number of carbonyl (C=O) groups excluding carboxylic acids is 20.